The molecule has 146 valence electrons. The van der Waals surface area contributed by atoms with Gasteiger partial charge in [-0.2, -0.15) is 17.5 Å². The van der Waals surface area contributed by atoms with Gasteiger partial charge in [-0.05, 0) is 35.9 Å². The van der Waals surface area contributed by atoms with Crippen LogP contribution in [0.1, 0.15) is 11.1 Å². The number of anilines is 1. The van der Waals surface area contributed by atoms with Gasteiger partial charge in [0.15, 0.2) is 0 Å². The van der Waals surface area contributed by atoms with E-state index in [1.54, 1.807) is 24.3 Å². The number of amides is 1. The molecular formula is C17H16ClF3N2O3S. The van der Waals surface area contributed by atoms with E-state index in [1.807, 2.05) is 0 Å². The molecule has 0 spiro atoms. The van der Waals surface area contributed by atoms with Gasteiger partial charge in [0.2, 0.25) is 15.9 Å². The summed E-state index contributed by atoms with van der Waals surface area (Å²) in [7, 11) is -3.73. The smallest absolute Gasteiger partial charge is 0.325 e. The molecule has 0 aliphatic carbocycles. The van der Waals surface area contributed by atoms with E-state index in [-0.39, 0.29) is 12.2 Å². The molecule has 0 saturated heterocycles. The van der Waals surface area contributed by atoms with Crippen LogP contribution in [0.4, 0.5) is 18.9 Å². The van der Waals surface area contributed by atoms with Gasteiger partial charge in [0, 0.05) is 17.3 Å². The first-order chi connectivity index (χ1) is 12.5. The van der Waals surface area contributed by atoms with Crippen LogP contribution in [0, 0.1) is 0 Å². The van der Waals surface area contributed by atoms with Crippen molar-refractivity contribution in [1.29, 1.82) is 0 Å². The minimum absolute atomic E-state index is 0.112. The average Bonchev–Trinajstić information content (AvgIpc) is 2.55. The predicted molar refractivity (Wildman–Crippen MR) is 96.8 cm³/mol. The lowest BCUT2D eigenvalue weighted by Gasteiger charge is -2.20. The Morgan fingerprint density at radius 3 is 2.22 bits per heavy atom. The second kappa shape index (κ2) is 8.28. The zero-order valence-corrected chi connectivity index (χ0v) is 15.7. The van der Waals surface area contributed by atoms with E-state index in [1.165, 1.54) is 0 Å². The van der Waals surface area contributed by atoms with Crippen LogP contribution in [-0.4, -0.2) is 31.4 Å². The van der Waals surface area contributed by atoms with E-state index in [0.29, 0.717) is 10.6 Å². The fourth-order valence-corrected chi connectivity index (χ4v) is 3.13. The van der Waals surface area contributed by atoms with Gasteiger partial charge in [-0.3, -0.25) is 4.79 Å². The standard InChI is InChI=1S/C17H16ClF3N2O3S/c1-27(25,26)23(10-12-4-2-3-5-15(12)18)11-16(24)22-14-8-6-13(7-9-14)17(19,20)21/h2-9H,10-11H2,1H3,(H,22,24). The number of carbonyl (C=O) groups is 1. The molecule has 2 aromatic carbocycles. The van der Waals surface area contributed by atoms with Crippen molar-refractivity contribution in [3.8, 4) is 0 Å². The molecule has 1 amide bonds. The molecule has 0 bridgehead atoms. The molecule has 0 radical (unpaired) electrons. The fraction of sp³-hybridized carbons (Fsp3) is 0.235. The number of benzene rings is 2. The van der Waals surface area contributed by atoms with Crippen molar-refractivity contribution in [2.75, 3.05) is 18.1 Å². The van der Waals surface area contributed by atoms with Crippen LogP contribution in [0.15, 0.2) is 48.5 Å². The van der Waals surface area contributed by atoms with Crippen molar-refractivity contribution >= 4 is 33.2 Å². The lowest BCUT2D eigenvalue weighted by molar-refractivity contribution is -0.137. The van der Waals surface area contributed by atoms with Crippen LogP contribution >= 0.6 is 11.6 Å². The molecule has 0 saturated carbocycles. The van der Waals surface area contributed by atoms with E-state index >= 15 is 0 Å². The van der Waals surface area contributed by atoms with Gasteiger partial charge in [-0.15, -0.1) is 0 Å². The molecule has 1 N–H and O–H groups in total. The number of hydrogen-bond donors (Lipinski definition) is 1. The number of nitrogens with zero attached hydrogens (tertiary/aromatic N) is 1. The molecule has 0 fully saturated rings. The predicted octanol–water partition coefficient (Wildman–Crippen LogP) is 3.76. The Bertz CT molecular complexity index is 916. The Morgan fingerprint density at radius 1 is 1.11 bits per heavy atom. The van der Waals surface area contributed by atoms with Gasteiger partial charge in [0.05, 0.1) is 18.4 Å². The monoisotopic (exact) mass is 420 g/mol. The van der Waals surface area contributed by atoms with Gasteiger partial charge in [0.25, 0.3) is 0 Å². The Hall–Kier alpha value is -2.10. The molecule has 27 heavy (non-hydrogen) atoms. The zero-order chi connectivity index (χ0) is 20.2. The molecule has 2 rings (SSSR count). The second-order valence-corrected chi connectivity index (χ2v) is 8.14. The van der Waals surface area contributed by atoms with Crippen molar-refractivity contribution < 1.29 is 26.4 Å². The Labute approximate surface area is 159 Å². The highest BCUT2D eigenvalue weighted by molar-refractivity contribution is 7.88. The molecule has 0 atom stereocenters. The summed E-state index contributed by atoms with van der Waals surface area (Å²) in [6.07, 6.45) is -3.53. The highest BCUT2D eigenvalue weighted by atomic mass is 35.5. The summed E-state index contributed by atoms with van der Waals surface area (Å²) in [5.74, 6) is -0.688. The summed E-state index contributed by atoms with van der Waals surface area (Å²) in [5.41, 5.74) is -0.205. The van der Waals surface area contributed by atoms with E-state index in [2.05, 4.69) is 5.32 Å². The van der Waals surface area contributed by atoms with Crippen LogP contribution in [0.3, 0.4) is 0 Å². The highest BCUT2D eigenvalue weighted by Gasteiger charge is 2.30. The average molecular weight is 421 g/mol. The number of nitrogens with one attached hydrogen (secondary N) is 1. The van der Waals surface area contributed by atoms with E-state index in [0.717, 1.165) is 34.8 Å². The Morgan fingerprint density at radius 2 is 1.70 bits per heavy atom. The Balaban J connectivity index is 2.09. The maximum Gasteiger partial charge on any atom is 0.416 e. The summed E-state index contributed by atoms with van der Waals surface area (Å²) < 4.78 is 62.5. The van der Waals surface area contributed by atoms with E-state index < -0.39 is 34.2 Å². The van der Waals surface area contributed by atoms with Crippen molar-refractivity contribution in [2.24, 2.45) is 0 Å². The van der Waals surface area contributed by atoms with Gasteiger partial charge in [0.1, 0.15) is 0 Å². The topological polar surface area (TPSA) is 66.5 Å². The fourth-order valence-electron chi connectivity index (χ4n) is 2.21. The molecular weight excluding hydrogens is 405 g/mol. The number of sulfonamides is 1. The molecule has 0 unspecified atom stereocenters. The van der Waals surface area contributed by atoms with E-state index in [4.69, 9.17) is 11.6 Å². The first kappa shape index (κ1) is 21.2. The van der Waals surface area contributed by atoms with Gasteiger partial charge < -0.3 is 5.32 Å². The molecule has 0 aromatic heterocycles. The van der Waals surface area contributed by atoms with Crippen molar-refractivity contribution in [1.82, 2.24) is 4.31 Å². The minimum atomic E-state index is -4.48. The van der Waals surface area contributed by atoms with Crippen LogP contribution < -0.4 is 5.32 Å². The van der Waals surface area contributed by atoms with Crippen LogP contribution in [0.5, 0.6) is 0 Å². The lowest BCUT2D eigenvalue weighted by Crippen LogP contribution is -2.37. The Kier molecular flexibility index (Phi) is 6.50. The first-order valence-electron chi connectivity index (χ1n) is 7.62. The van der Waals surface area contributed by atoms with Crippen molar-refractivity contribution in [3.05, 3.63) is 64.7 Å². The molecule has 2 aromatic rings. The van der Waals surface area contributed by atoms with E-state index in [9.17, 15) is 26.4 Å². The minimum Gasteiger partial charge on any atom is -0.325 e. The quantitative estimate of drug-likeness (QED) is 0.773. The van der Waals surface area contributed by atoms with Crippen LogP contribution in [0.25, 0.3) is 0 Å². The molecule has 0 heterocycles. The number of alkyl halides is 3. The lowest BCUT2D eigenvalue weighted by atomic mass is 10.2. The highest BCUT2D eigenvalue weighted by Crippen LogP contribution is 2.29. The summed E-state index contributed by atoms with van der Waals surface area (Å²) in [4.78, 5) is 12.2. The third kappa shape index (κ3) is 6.23. The van der Waals surface area contributed by atoms with Crippen LogP contribution in [0.2, 0.25) is 5.02 Å². The summed E-state index contributed by atoms with van der Waals surface area (Å²) >= 11 is 6.02. The molecule has 0 aliphatic rings. The maximum absolute atomic E-state index is 12.6. The number of rotatable bonds is 6. The summed E-state index contributed by atoms with van der Waals surface area (Å²) in [6.45, 7) is -0.621. The van der Waals surface area contributed by atoms with Crippen molar-refractivity contribution in [3.63, 3.8) is 0 Å². The largest absolute Gasteiger partial charge is 0.416 e. The third-order valence-electron chi connectivity index (χ3n) is 3.59. The number of carbonyl (C=O) groups excluding carboxylic acids is 1. The first-order valence-corrected chi connectivity index (χ1v) is 9.85. The normalized spacial score (nSPS) is 12.2. The van der Waals surface area contributed by atoms with Gasteiger partial charge in [-0.1, -0.05) is 29.8 Å². The van der Waals surface area contributed by atoms with Gasteiger partial charge in [-0.25, -0.2) is 8.42 Å². The maximum atomic E-state index is 12.6. The van der Waals surface area contributed by atoms with Gasteiger partial charge >= 0.3 is 6.18 Å². The summed E-state index contributed by atoms with van der Waals surface area (Å²) in [6, 6.07) is 10.5. The molecule has 5 nitrogen and oxygen atoms in total. The van der Waals surface area contributed by atoms with Crippen molar-refractivity contribution in [2.45, 2.75) is 12.7 Å². The SMILES string of the molecule is CS(=O)(=O)N(CC(=O)Nc1ccc(C(F)(F)F)cc1)Cc1ccccc1Cl. The molecule has 10 heteroatoms. The zero-order valence-electron chi connectivity index (χ0n) is 14.1. The third-order valence-corrected chi connectivity index (χ3v) is 5.15. The summed E-state index contributed by atoms with van der Waals surface area (Å²) in [5, 5.41) is 2.73. The van der Waals surface area contributed by atoms with Crippen LogP contribution in [-0.2, 0) is 27.5 Å². The second-order valence-electron chi connectivity index (χ2n) is 5.75. The molecule has 0 aliphatic heterocycles. The number of hydrogen-bond acceptors (Lipinski definition) is 3. The number of halogens is 4.